The molecule has 0 N–H and O–H groups in total. The highest BCUT2D eigenvalue weighted by molar-refractivity contribution is 7.13. The lowest BCUT2D eigenvalue weighted by Crippen LogP contribution is -2.06. The monoisotopic (exact) mass is 307 g/mol. The van der Waals surface area contributed by atoms with E-state index in [2.05, 4.69) is 4.98 Å². The van der Waals surface area contributed by atoms with Crippen LogP contribution in [0.4, 0.5) is 0 Å². The van der Waals surface area contributed by atoms with Gasteiger partial charge in [0.15, 0.2) is 17.2 Å². The van der Waals surface area contributed by atoms with Gasteiger partial charge < -0.3 is 18.9 Å². The van der Waals surface area contributed by atoms with Crippen LogP contribution in [0.3, 0.4) is 0 Å². The number of hydrogen-bond acceptors (Lipinski definition) is 7. The summed E-state index contributed by atoms with van der Waals surface area (Å²) in [6, 6.07) is 5.25. The van der Waals surface area contributed by atoms with Crippen molar-refractivity contribution in [3.05, 3.63) is 28.8 Å². The van der Waals surface area contributed by atoms with Crippen molar-refractivity contribution >= 4 is 17.3 Å². The molecule has 0 spiro atoms. The highest BCUT2D eigenvalue weighted by Crippen LogP contribution is 2.37. The summed E-state index contributed by atoms with van der Waals surface area (Å²) in [6.07, 6.45) is 0. The van der Waals surface area contributed by atoms with E-state index in [0.717, 1.165) is 4.88 Å². The van der Waals surface area contributed by atoms with Crippen molar-refractivity contribution in [2.75, 3.05) is 13.4 Å². The number of rotatable bonds is 4. The van der Waals surface area contributed by atoms with Gasteiger partial charge in [0.05, 0.1) is 6.61 Å². The van der Waals surface area contributed by atoms with Gasteiger partial charge in [-0.05, 0) is 26.0 Å². The summed E-state index contributed by atoms with van der Waals surface area (Å²) < 4.78 is 21.1. The molecule has 0 radical (unpaired) electrons. The summed E-state index contributed by atoms with van der Waals surface area (Å²) in [4.78, 5) is 16.6. The molecule has 0 saturated carbocycles. The maximum Gasteiger partial charge on any atom is 0.358 e. The summed E-state index contributed by atoms with van der Waals surface area (Å²) in [5.74, 6) is 1.45. The fraction of sp³-hybridized carbons (Fsp3) is 0.286. The quantitative estimate of drug-likeness (QED) is 0.808. The number of esters is 1. The summed E-state index contributed by atoms with van der Waals surface area (Å²) in [6.45, 7) is 4.08. The van der Waals surface area contributed by atoms with Crippen molar-refractivity contribution in [3.8, 4) is 22.4 Å². The molecule has 7 heteroatoms. The maximum atomic E-state index is 11.7. The minimum atomic E-state index is -0.438. The Labute approximate surface area is 125 Å². The van der Waals surface area contributed by atoms with E-state index in [1.54, 1.807) is 32.0 Å². The summed E-state index contributed by atoms with van der Waals surface area (Å²) >= 11 is 1.29. The molecule has 0 saturated heterocycles. The number of aryl methyl sites for hydroxylation is 1. The van der Waals surface area contributed by atoms with E-state index in [1.165, 1.54) is 11.3 Å². The Kier molecular flexibility index (Phi) is 3.66. The van der Waals surface area contributed by atoms with E-state index in [0.29, 0.717) is 29.0 Å². The molecule has 0 unspecified atom stereocenters. The standard InChI is InChI=1S/C14H13NO5S/c1-3-17-13(16)12-8(2)21-14(15-12)20-9-4-5-10-11(6-9)19-7-18-10/h4-6H,3,7H2,1-2H3. The zero-order valence-electron chi connectivity index (χ0n) is 11.5. The van der Waals surface area contributed by atoms with Crippen molar-refractivity contribution in [1.29, 1.82) is 0 Å². The number of aromatic nitrogens is 1. The predicted molar refractivity (Wildman–Crippen MR) is 75.4 cm³/mol. The predicted octanol–water partition coefficient (Wildman–Crippen LogP) is 3.15. The Bertz CT molecular complexity index is 682. The number of thiazole rings is 1. The van der Waals surface area contributed by atoms with Crippen molar-refractivity contribution in [2.45, 2.75) is 13.8 Å². The van der Waals surface area contributed by atoms with Gasteiger partial charge in [-0.2, -0.15) is 4.98 Å². The van der Waals surface area contributed by atoms with E-state index in [-0.39, 0.29) is 12.5 Å². The van der Waals surface area contributed by atoms with Crippen LogP contribution in [0.15, 0.2) is 18.2 Å². The van der Waals surface area contributed by atoms with Gasteiger partial charge in [-0.1, -0.05) is 11.3 Å². The number of ether oxygens (including phenoxy) is 4. The van der Waals surface area contributed by atoms with Crippen LogP contribution < -0.4 is 14.2 Å². The Morgan fingerprint density at radius 3 is 3.00 bits per heavy atom. The first-order valence-electron chi connectivity index (χ1n) is 6.39. The largest absolute Gasteiger partial charge is 0.461 e. The SMILES string of the molecule is CCOC(=O)c1nc(Oc2ccc3c(c2)OCO3)sc1C. The minimum absolute atomic E-state index is 0.210. The first-order valence-corrected chi connectivity index (χ1v) is 7.21. The fourth-order valence-electron chi connectivity index (χ4n) is 1.85. The van der Waals surface area contributed by atoms with Gasteiger partial charge in [0, 0.05) is 10.9 Å². The molecule has 1 aliphatic rings. The van der Waals surface area contributed by atoms with Crippen LogP contribution >= 0.6 is 11.3 Å². The molecular formula is C14H13NO5S. The zero-order chi connectivity index (χ0) is 14.8. The van der Waals surface area contributed by atoms with Gasteiger partial charge in [0.25, 0.3) is 5.19 Å². The molecule has 1 aromatic heterocycles. The number of benzene rings is 1. The van der Waals surface area contributed by atoms with Crippen LogP contribution in [0.1, 0.15) is 22.3 Å². The third kappa shape index (κ3) is 2.78. The normalized spacial score (nSPS) is 12.3. The van der Waals surface area contributed by atoms with Crippen molar-refractivity contribution in [3.63, 3.8) is 0 Å². The highest BCUT2D eigenvalue weighted by atomic mass is 32.1. The Morgan fingerprint density at radius 1 is 1.38 bits per heavy atom. The van der Waals surface area contributed by atoms with E-state index >= 15 is 0 Å². The molecule has 3 rings (SSSR count). The summed E-state index contributed by atoms with van der Waals surface area (Å²) in [5.41, 5.74) is 0.289. The molecule has 0 bridgehead atoms. The average Bonchev–Trinajstić information content (AvgIpc) is 3.05. The van der Waals surface area contributed by atoms with Gasteiger partial charge in [0.1, 0.15) is 5.75 Å². The second kappa shape index (κ2) is 5.61. The van der Waals surface area contributed by atoms with Crippen LogP contribution in [0.2, 0.25) is 0 Å². The molecule has 6 nitrogen and oxygen atoms in total. The Balaban J connectivity index is 1.79. The third-order valence-corrected chi connectivity index (χ3v) is 3.64. The fourth-order valence-corrected chi connectivity index (χ4v) is 2.61. The number of nitrogens with zero attached hydrogens (tertiary/aromatic N) is 1. The lowest BCUT2D eigenvalue weighted by atomic mass is 10.3. The first-order chi connectivity index (χ1) is 10.2. The van der Waals surface area contributed by atoms with E-state index in [4.69, 9.17) is 18.9 Å². The molecule has 110 valence electrons. The number of fused-ring (bicyclic) bond motifs is 1. The molecule has 1 aromatic carbocycles. The van der Waals surface area contributed by atoms with Crippen LogP contribution in [-0.2, 0) is 4.74 Å². The van der Waals surface area contributed by atoms with E-state index in [9.17, 15) is 4.79 Å². The van der Waals surface area contributed by atoms with Gasteiger partial charge >= 0.3 is 5.97 Å². The molecular weight excluding hydrogens is 294 g/mol. The van der Waals surface area contributed by atoms with Gasteiger partial charge in [-0.15, -0.1) is 0 Å². The summed E-state index contributed by atoms with van der Waals surface area (Å²) in [7, 11) is 0. The molecule has 1 aliphatic heterocycles. The third-order valence-electron chi connectivity index (χ3n) is 2.79. The van der Waals surface area contributed by atoms with Gasteiger partial charge in [-0.3, -0.25) is 0 Å². The van der Waals surface area contributed by atoms with Crippen molar-refractivity contribution in [1.82, 2.24) is 4.98 Å². The second-order valence-electron chi connectivity index (χ2n) is 4.22. The molecule has 0 amide bonds. The van der Waals surface area contributed by atoms with Crippen molar-refractivity contribution in [2.24, 2.45) is 0 Å². The van der Waals surface area contributed by atoms with Gasteiger partial charge in [-0.25, -0.2) is 4.79 Å². The zero-order valence-corrected chi connectivity index (χ0v) is 12.4. The van der Waals surface area contributed by atoms with Crippen LogP contribution in [0.5, 0.6) is 22.4 Å². The summed E-state index contributed by atoms with van der Waals surface area (Å²) in [5, 5.41) is 0.384. The maximum absolute atomic E-state index is 11.7. The molecule has 0 aliphatic carbocycles. The lowest BCUT2D eigenvalue weighted by Gasteiger charge is -2.02. The highest BCUT2D eigenvalue weighted by Gasteiger charge is 2.19. The van der Waals surface area contributed by atoms with Crippen LogP contribution in [0, 0.1) is 6.92 Å². The topological polar surface area (TPSA) is 66.9 Å². The molecule has 0 atom stereocenters. The first kappa shape index (κ1) is 13.7. The lowest BCUT2D eigenvalue weighted by molar-refractivity contribution is 0.0519. The Hall–Kier alpha value is -2.28. The number of carbonyl (C=O) groups excluding carboxylic acids is 1. The molecule has 0 fully saturated rings. The average molecular weight is 307 g/mol. The van der Waals surface area contributed by atoms with E-state index < -0.39 is 5.97 Å². The second-order valence-corrected chi connectivity index (χ2v) is 5.39. The number of carbonyl (C=O) groups is 1. The van der Waals surface area contributed by atoms with Crippen LogP contribution in [0.25, 0.3) is 0 Å². The smallest absolute Gasteiger partial charge is 0.358 e. The van der Waals surface area contributed by atoms with E-state index in [1.807, 2.05) is 0 Å². The molecule has 2 heterocycles. The molecule has 21 heavy (non-hydrogen) atoms. The van der Waals surface area contributed by atoms with Crippen LogP contribution in [-0.4, -0.2) is 24.4 Å². The number of hydrogen-bond donors (Lipinski definition) is 0. The minimum Gasteiger partial charge on any atom is -0.461 e. The Morgan fingerprint density at radius 2 is 2.19 bits per heavy atom. The molecule has 2 aromatic rings. The van der Waals surface area contributed by atoms with Gasteiger partial charge in [0.2, 0.25) is 6.79 Å². The van der Waals surface area contributed by atoms with Crippen molar-refractivity contribution < 1.29 is 23.7 Å².